The Morgan fingerprint density at radius 2 is 2.03 bits per heavy atom. The van der Waals surface area contributed by atoms with E-state index in [0.717, 1.165) is 34.7 Å². The van der Waals surface area contributed by atoms with Gasteiger partial charge in [-0.25, -0.2) is 9.78 Å². The van der Waals surface area contributed by atoms with Crippen LogP contribution in [0.15, 0.2) is 34.9 Å². The summed E-state index contributed by atoms with van der Waals surface area (Å²) in [7, 11) is 3.48. The number of aromatic nitrogens is 3. The molecule has 10 heteroatoms. The van der Waals surface area contributed by atoms with Crippen molar-refractivity contribution in [1.82, 2.24) is 19.0 Å². The minimum atomic E-state index is -1.02. The van der Waals surface area contributed by atoms with Gasteiger partial charge < -0.3 is 34.0 Å². The number of hydrogen-bond acceptors (Lipinski definition) is 6. The largest absolute Gasteiger partial charge is 0.494 e. The molecule has 1 amide bonds. The fraction of sp³-hybridized carbons (Fsp3) is 0.423. The Morgan fingerprint density at radius 3 is 2.75 bits per heavy atom. The average molecular weight is 492 g/mol. The third kappa shape index (κ3) is 3.63. The van der Waals surface area contributed by atoms with Crippen molar-refractivity contribution in [2.45, 2.75) is 44.3 Å². The maximum absolute atomic E-state index is 13.5. The predicted molar refractivity (Wildman–Crippen MR) is 133 cm³/mol. The van der Waals surface area contributed by atoms with Gasteiger partial charge in [0.2, 0.25) is 5.71 Å². The number of piperidine rings is 1. The second kappa shape index (κ2) is 8.41. The predicted octanol–water partition coefficient (Wildman–Crippen LogP) is 3.22. The fourth-order valence-electron chi connectivity index (χ4n) is 5.36. The number of nitrogens with zero attached hydrogens (tertiary/aromatic N) is 4. The van der Waals surface area contributed by atoms with Crippen LogP contribution in [0.3, 0.4) is 0 Å². The third-order valence-electron chi connectivity index (χ3n) is 7.43. The SMILES string of the molecule is COc1cc(C(=O)N2C[C@H](N)CC[C@@H]2C(=O)O)cc2nc(-c3cc4ccoc4n3CC3CC3)n(C)c12. The normalized spacial score (nSPS) is 20.4. The topological polar surface area (TPSA) is 129 Å². The molecule has 2 aliphatic rings. The molecule has 0 unspecified atom stereocenters. The molecule has 0 spiro atoms. The van der Waals surface area contributed by atoms with Gasteiger partial charge in [0.05, 0.1) is 24.6 Å². The molecule has 6 rings (SSSR count). The number of carboxylic acids is 1. The average Bonchev–Trinajstić information content (AvgIpc) is 3.31. The van der Waals surface area contributed by atoms with Gasteiger partial charge in [0, 0.05) is 37.1 Å². The molecule has 1 saturated heterocycles. The quantitative estimate of drug-likeness (QED) is 0.424. The van der Waals surface area contributed by atoms with Gasteiger partial charge in [-0.2, -0.15) is 0 Å². The molecular formula is C26H29N5O5. The zero-order valence-corrected chi connectivity index (χ0v) is 20.3. The first kappa shape index (κ1) is 22.7. The highest BCUT2D eigenvalue weighted by Gasteiger charge is 2.36. The van der Waals surface area contributed by atoms with Crippen LogP contribution in [-0.2, 0) is 18.4 Å². The van der Waals surface area contributed by atoms with E-state index in [1.165, 1.54) is 17.7 Å². The van der Waals surface area contributed by atoms with Gasteiger partial charge in [-0.1, -0.05) is 0 Å². The molecule has 3 aromatic heterocycles. The number of furan rings is 1. The Balaban J connectivity index is 1.45. The number of amides is 1. The molecule has 188 valence electrons. The highest BCUT2D eigenvalue weighted by atomic mass is 16.5. The van der Waals surface area contributed by atoms with E-state index in [1.54, 1.807) is 25.5 Å². The number of likely N-dealkylation sites (tertiary alicyclic amines) is 1. The number of benzene rings is 1. The first-order valence-electron chi connectivity index (χ1n) is 12.3. The minimum absolute atomic E-state index is 0.192. The molecule has 0 radical (unpaired) electrons. The van der Waals surface area contributed by atoms with Crippen LogP contribution in [0, 0.1) is 5.92 Å². The Labute approximate surface area is 207 Å². The van der Waals surface area contributed by atoms with Crippen molar-refractivity contribution in [1.29, 1.82) is 0 Å². The number of carbonyl (C=O) groups is 2. The van der Waals surface area contributed by atoms with Crippen LogP contribution in [0.4, 0.5) is 0 Å². The molecule has 3 N–H and O–H groups in total. The van der Waals surface area contributed by atoms with Gasteiger partial charge in [-0.3, -0.25) is 4.79 Å². The molecular weight excluding hydrogens is 462 g/mol. The van der Waals surface area contributed by atoms with Gasteiger partial charge in [0.1, 0.15) is 17.3 Å². The zero-order valence-electron chi connectivity index (χ0n) is 20.3. The summed E-state index contributed by atoms with van der Waals surface area (Å²) in [4.78, 5) is 31.6. The molecule has 1 saturated carbocycles. The monoisotopic (exact) mass is 491 g/mol. The third-order valence-corrected chi connectivity index (χ3v) is 7.43. The fourth-order valence-corrected chi connectivity index (χ4v) is 5.36. The lowest BCUT2D eigenvalue weighted by Gasteiger charge is -2.36. The molecule has 2 fully saturated rings. The van der Waals surface area contributed by atoms with Crippen molar-refractivity contribution in [2.75, 3.05) is 13.7 Å². The Hall–Kier alpha value is -3.79. The number of carboxylic acid groups (broad SMARTS) is 1. The Kier molecular flexibility index (Phi) is 5.29. The van der Waals surface area contributed by atoms with Gasteiger partial charge in [0.25, 0.3) is 5.91 Å². The molecule has 1 aliphatic heterocycles. The van der Waals surface area contributed by atoms with E-state index in [0.29, 0.717) is 35.6 Å². The summed E-state index contributed by atoms with van der Waals surface area (Å²) in [6, 6.07) is 6.23. The van der Waals surface area contributed by atoms with Gasteiger partial charge in [0.15, 0.2) is 5.82 Å². The Bertz CT molecular complexity index is 1490. The maximum Gasteiger partial charge on any atom is 0.326 e. The molecule has 4 aromatic rings. The second-order valence-corrected chi connectivity index (χ2v) is 9.95. The number of aliphatic carboxylic acids is 1. The molecule has 1 aliphatic carbocycles. The van der Waals surface area contributed by atoms with Crippen molar-refractivity contribution in [3.8, 4) is 17.3 Å². The number of aryl methyl sites for hydroxylation is 1. The van der Waals surface area contributed by atoms with Crippen molar-refractivity contribution >= 4 is 34.0 Å². The molecule has 0 bridgehead atoms. The highest BCUT2D eigenvalue weighted by Crippen LogP contribution is 2.38. The molecule has 4 heterocycles. The van der Waals surface area contributed by atoms with Crippen molar-refractivity contribution in [3.63, 3.8) is 0 Å². The summed E-state index contributed by atoms with van der Waals surface area (Å²) in [5.41, 5.74) is 9.52. The minimum Gasteiger partial charge on any atom is -0.494 e. The number of carbonyl (C=O) groups excluding carboxylic acids is 1. The molecule has 2 atom stereocenters. The van der Waals surface area contributed by atoms with Crippen LogP contribution < -0.4 is 10.5 Å². The van der Waals surface area contributed by atoms with Crippen LogP contribution in [0.1, 0.15) is 36.0 Å². The Morgan fingerprint density at radius 1 is 1.22 bits per heavy atom. The van der Waals surface area contributed by atoms with E-state index in [1.807, 2.05) is 17.7 Å². The van der Waals surface area contributed by atoms with Crippen LogP contribution in [0.5, 0.6) is 5.75 Å². The number of nitrogens with two attached hydrogens (primary N) is 1. The lowest BCUT2D eigenvalue weighted by Crippen LogP contribution is -2.54. The first-order valence-corrected chi connectivity index (χ1v) is 12.3. The summed E-state index contributed by atoms with van der Waals surface area (Å²) in [6.45, 7) is 1.06. The summed E-state index contributed by atoms with van der Waals surface area (Å²) in [6.07, 6.45) is 5.01. The number of rotatable bonds is 6. The van der Waals surface area contributed by atoms with Gasteiger partial charge in [-0.15, -0.1) is 0 Å². The van der Waals surface area contributed by atoms with Crippen LogP contribution in [-0.4, -0.2) is 61.7 Å². The number of hydrogen-bond donors (Lipinski definition) is 2. The smallest absolute Gasteiger partial charge is 0.326 e. The van der Waals surface area contributed by atoms with E-state index in [-0.39, 0.29) is 18.5 Å². The van der Waals surface area contributed by atoms with Crippen LogP contribution >= 0.6 is 0 Å². The van der Waals surface area contributed by atoms with Crippen molar-refractivity contribution in [2.24, 2.45) is 18.7 Å². The number of fused-ring (bicyclic) bond motifs is 2. The second-order valence-electron chi connectivity index (χ2n) is 9.95. The zero-order chi connectivity index (χ0) is 25.1. The van der Waals surface area contributed by atoms with E-state index >= 15 is 0 Å². The lowest BCUT2D eigenvalue weighted by molar-refractivity contribution is -0.143. The number of ether oxygens (including phenoxy) is 1. The summed E-state index contributed by atoms with van der Waals surface area (Å²) in [5.74, 6) is 0.456. The standard InChI is InChI=1S/C26H29N5O5/c1-29-22-18(28-23(29)20-10-15-7-8-36-25(15)31(20)12-14-3-4-14)9-16(11-21(22)35-2)24(32)30-13-17(27)5-6-19(30)26(33)34/h7-11,14,17,19H,3-6,12-13,27H2,1-2H3,(H,33,34)/t17-,19-/m1/s1. The summed E-state index contributed by atoms with van der Waals surface area (Å²) < 4.78 is 15.6. The van der Waals surface area contributed by atoms with Crippen molar-refractivity contribution < 1.29 is 23.8 Å². The lowest BCUT2D eigenvalue weighted by atomic mass is 9.97. The first-order chi connectivity index (χ1) is 17.4. The number of imidazole rings is 1. The van der Waals surface area contributed by atoms with E-state index < -0.39 is 12.0 Å². The molecule has 36 heavy (non-hydrogen) atoms. The van der Waals surface area contributed by atoms with Crippen LogP contribution in [0.2, 0.25) is 0 Å². The van der Waals surface area contributed by atoms with Gasteiger partial charge in [-0.05, 0) is 55.9 Å². The summed E-state index contributed by atoms with van der Waals surface area (Å²) in [5, 5.41) is 10.7. The van der Waals surface area contributed by atoms with E-state index in [2.05, 4.69) is 10.6 Å². The summed E-state index contributed by atoms with van der Waals surface area (Å²) >= 11 is 0. The highest BCUT2D eigenvalue weighted by molar-refractivity contribution is 6.01. The molecule has 1 aromatic carbocycles. The van der Waals surface area contributed by atoms with Gasteiger partial charge >= 0.3 is 5.97 Å². The van der Waals surface area contributed by atoms with E-state index in [9.17, 15) is 14.7 Å². The van der Waals surface area contributed by atoms with Crippen LogP contribution in [0.25, 0.3) is 33.7 Å². The van der Waals surface area contributed by atoms with Crippen molar-refractivity contribution in [3.05, 3.63) is 36.1 Å². The number of methoxy groups -OCH3 is 1. The van der Waals surface area contributed by atoms with E-state index in [4.69, 9.17) is 19.9 Å². The maximum atomic E-state index is 13.5. The molecule has 10 nitrogen and oxygen atoms in total.